The number of hydrogen-bond donors (Lipinski definition) is 4. The maximum absolute atomic E-state index is 8.77. The zero-order chi connectivity index (χ0) is 25.6. The quantitative estimate of drug-likeness (QED) is 0.371. The first kappa shape index (κ1) is 24.8. The van der Waals surface area contributed by atoms with Gasteiger partial charge in [0.15, 0.2) is 0 Å². The summed E-state index contributed by atoms with van der Waals surface area (Å²) in [6.45, 7) is 6.48. The van der Waals surface area contributed by atoms with Gasteiger partial charge in [-0.05, 0) is 43.0 Å². The minimum atomic E-state index is 0.497. The number of ether oxygens (including phenoxy) is 1. The van der Waals surface area contributed by atoms with Crippen molar-refractivity contribution in [1.29, 1.82) is 5.41 Å². The molecular formula is C29H35N7O. The van der Waals surface area contributed by atoms with E-state index in [9.17, 15) is 0 Å². The molecule has 0 spiro atoms. The number of piperazine rings is 1. The SMILES string of the molecule is CCOc1cc(N2CCNCC2)ccc1Nc1ncc2c(n1)/C(=C(\Cc1ccccc1)NC)C(=N)CC2. The highest BCUT2D eigenvalue weighted by molar-refractivity contribution is 6.24. The van der Waals surface area contributed by atoms with Crippen molar-refractivity contribution in [2.75, 3.05) is 50.1 Å². The lowest BCUT2D eigenvalue weighted by Gasteiger charge is -2.30. The summed E-state index contributed by atoms with van der Waals surface area (Å²) in [7, 11) is 1.92. The van der Waals surface area contributed by atoms with Crippen LogP contribution in [0.25, 0.3) is 5.57 Å². The Hall–Kier alpha value is -3.91. The van der Waals surface area contributed by atoms with Gasteiger partial charge >= 0.3 is 0 Å². The first-order valence-electron chi connectivity index (χ1n) is 13.0. The lowest BCUT2D eigenvalue weighted by Crippen LogP contribution is -2.43. The van der Waals surface area contributed by atoms with Crippen molar-refractivity contribution >= 4 is 28.6 Å². The van der Waals surface area contributed by atoms with E-state index in [4.69, 9.17) is 15.1 Å². The molecule has 37 heavy (non-hydrogen) atoms. The summed E-state index contributed by atoms with van der Waals surface area (Å²) >= 11 is 0. The van der Waals surface area contributed by atoms with E-state index in [0.717, 1.165) is 72.3 Å². The maximum Gasteiger partial charge on any atom is 0.227 e. The molecule has 0 saturated carbocycles. The van der Waals surface area contributed by atoms with E-state index in [2.05, 4.69) is 50.1 Å². The second-order valence-corrected chi connectivity index (χ2v) is 9.29. The van der Waals surface area contributed by atoms with Crippen LogP contribution < -0.4 is 25.6 Å². The number of nitrogens with zero attached hydrogens (tertiary/aromatic N) is 3. The van der Waals surface area contributed by atoms with E-state index < -0.39 is 0 Å². The van der Waals surface area contributed by atoms with Crippen LogP contribution in [0.15, 0.2) is 60.4 Å². The molecule has 5 rings (SSSR count). The van der Waals surface area contributed by atoms with Crippen molar-refractivity contribution in [3.63, 3.8) is 0 Å². The Morgan fingerprint density at radius 1 is 1.11 bits per heavy atom. The van der Waals surface area contributed by atoms with Crippen molar-refractivity contribution in [2.24, 2.45) is 0 Å². The summed E-state index contributed by atoms with van der Waals surface area (Å²) in [6, 6.07) is 16.6. The largest absolute Gasteiger partial charge is 0.492 e. The third-order valence-electron chi connectivity index (χ3n) is 6.87. The van der Waals surface area contributed by atoms with Crippen molar-refractivity contribution < 1.29 is 4.74 Å². The van der Waals surface area contributed by atoms with E-state index >= 15 is 0 Å². The summed E-state index contributed by atoms with van der Waals surface area (Å²) < 4.78 is 6.00. The number of rotatable bonds is 8. The standard InChI is InChI=1S/C29H35N7O/c1-3-37-26-18-22(36-15-13-32-14-16-36)10-12-24(26)34-29-33-19-21-9-11-23(30)27(28(21)35-29)25(31-2)17-20-7-5-4-6-8-20/h4-8,10,12,18-19,30-32H,3,9,11,13-17H2,1-2H3,(H,33,34,35)/b27-25+,30-23?. The highest BCUT2D eigenvalue weighted by atomic mass is 16.5. The van der Waals surface area contributed by atoms with Gasteiger partial charge in [-0.15, -0.1) is 0 Å². The zero-order valence-corrected chi connectivity index (χ0v) is 21.6. The van der Waals surface area contributed by atoms with E-state index in [1.54, 1.807) is 0 Å². The van der Waals surface area contributed by atoms with Crippen LogP contribution in [0.3, 0.4) is 0 Å². The topological polar surface area (TPSA) is 98.2 Å². The average Bonchev–Trinajstić information content (AvgIpc) is 2.94. The van der Waals surface area contributed by atoms with Gasteiger partial charge in [-0.2, -0.15) is 0 Å². The lowest BCUT2D eigenvalue weighted by molar-refractivity contribution is 0.342. The molecule has 0 atom stereocenters. The Labute approximate surface area is 218 Å². The van der Waals surface area contributed by atoms with Gasteiger partial charge in [0.1, 0.15) is 5.75 Å². The predicted molar refractivity (Wildman–Crippen MR) is 150 cm³/mol. The molecule has 2 aliphatic rings. The summed E-state index contributed by atoms with van der Waals surface area (Å²) in [6.07, 6.45) is 4.05. The molecule has 3 aromatic rings. The third kappa shape index (κ3) is 5.59. The van der Waals surface area contributed by atoms with E-state index in [1.807, 2.05) is 44.4 Å². The van der Waals surface area contributed by atoms with E-state index in [1.165, 1.54) is 5.56 Å². The molecule has 2 heterocycles. The van der Waals surface area contributed by atoms with Crippen molar-refractivity contribution in [3.05, 3.63) is 77.2 Å². The number of fused-ring (bicyclic) bond motifs is 1. The number of allylic oxidation sites excluding steroid dienone is 2. The number of anilines is 3. The van der Waals surface area contributed by atoms with Crippen LogP contribution in [-0.4, -0.2) is 55.5 Å². The van der Waals surface area contributed by atoms with Gasteiger partial charge in [0.25, 0.3) is 0 Å². The first-order chi connectivity index (χ1) is 18.2. The molecule has 0 amide bonds. The van der Waals surface area contributed by atoms with Gasteiger partial charge in [-0.1, -0.05) is 30.3 Å². The molecule has 192 valence electrons. The Balaban J connectivity index is 1.47. The van der Waals surface area contributed by atoms with Crippen molar-refractivity contribution in [3.8, 4) is 5.75 Å². The van der Waals surface area contributed by atoms with Crippen LogP contribution >= 0.6 is 0 Å². The van der Waals surface area contributed by atoms with E-state index in [0.29, 0.717) is 31.1 Å². The lowest BCUT2D eigenvalue weighted by atomic mass is 9.88. The molecule has 0 bridgehead atoms. The molecule has 1 aliphatic carbocycles. The van der Waals surface area contributed by atoms with E-state index in [-0.39, 0.29) is 0 Å². The molecule has 2 aromatic carbocycles. The Morgan fingerprint density at radius 2 is 1.92 bits per heavy atom. The molecule has 1 saturated heterocycles. The van der Waals surface area contributed by atoms with Gasteiger partial charge < -0.3 is 31.0 Å². The number of aromatic nitrogens is 2. The molecule has 1 fully saturated rings. The maximum atomic E-state index is 8.77. The Morgan fingerprint density at radius 3 is 2.68 bits per heavy atom. The zero-order valence-electron chi connectivity index (χ0n) is 21.6. The van der Waals surface area contributed by atoms with Crippen LogP contribution in [-0.2, 0) is 12.8 Å². The van der Waals surface area contributed by atoms with Crippen LogP contribution in [0, 0.1) is 5.41 Å². The second kappa shape index (κ2) is 11.4. The highest BCUT2D eigenvalue weighted by Gasteiger charge is 2.25. The van der Waals surface area contributed by atoms with Gasteiger partial charge in [0.2, 0.25) is 5.95 Å². The second-order valence-electron chi connectivity index (χ2n) is 9.29. The van der Waals surface area contributed by atoms with Crippen molar-refractivity contribution in [1.82, 2.24) is 20.6 Å². The molecule has 4 N–H and O–H groups in total. The summed E-state index contributed by atoms with van der Waals surface area (Å²) in [5.41, 5.74) is 7.54. The van der Waals surface area contributed by atoms with Crippen LogP contribution in [0.2, 0.25) is 0 Å². The smallest absolute Gasteiger partial charge is 0.227 e. The van der Waals surface area contributed by atoms with Gasteiger partial charge in [0.05, 0.1) is 18.0 Å². The number of hydrogen-bond acceptors (Lipinski definition) is 8. The molecule has 1 aromatic heterocycles. The molecule has 0 radical (unpaired) electrons. The molecule has 8 nitrogen and oxygen atoms in total. The molecule has 1 aliphatic heterocycles. The summed E-state index contributed by atoms with van der Waals surface area (Å²) in [5, 5.41) is 18.9. The van der Waals surface area contributed by atoms with Crippen LogP contribution in [0.4, 0.5) is 17.3 Å². The molecule has 0 unspecified atom stereocenters. The fourth-order valence-electron chi connectivity index (χ4n) is 4.95. The van der Waals surface area contributed by atoms with Gasteiger partial charge in [0, 0.05) is 74.6 Å². The number of benzene rings is 2. The minimum Gasteiger partial charge on any atom is -0.492 e. The minimum absolute atomic E-state index is 0.497. The summed E-state index contributed by atoms with van der Waals surface area (Å²) in [5.74, 6) is 1.28. The fourth-order valence-corrected chi connectivity index (χ4v) is 4.95. The monoisotopic (exact) mass is 497 g/mol. The molecular weight excluding hydrogens is 462 g/mol. The summed E-state index contributed by atoms with van der Waals surface area (Å²) in [4.78, 5) is 11.9. The normalized spacial score (nSPS) is 16.7. The Kier molecular flexibility index (Phi) is 7.65. The van der Waals surface area contributed by atoms with Gasteiger partial charge in [-0.25, -0.2) is 9.97 Å². The van der Waals surface area contributed by atoms with Crippen LogP contribution in [0.1, 0.15) is 30.2 Å². The number of nitrogens with one attached hydrogen (secondary N) is 4. The van der Waals surface area contributed by atoms with Gasteiger partial charge in [-0.3, -0.25) is 0 Å². The number of likely N-dealkylation sites (N-methyl/N-ethyl adjacent to an activating group) is 1. The van der Waals surface area contributed by atoms with Crippen LogP contribution in [0.5, 0.6) is 5.75 Å². The number of aryl methyl sites for hydroxylation is 1. The van der Waals surface area contributed by atoms with Crippen molar-refractivity contribution in [2.45, 2.75) is 26.2 Å². The fraction of sp³-hybridized carbons (Fsp3) is 0.345. The predicted octanol–water partition coefficient (Wildman–Crippen LogP) is 4.17. The molecule has 8 heteroatoms. The average molecular weight is 498 g/mol. The third-order valence-corrected chi connectivity index (χ3v) is 6.87. The first-order valence-corrected chi connectivity index (χ1v) is 13.0. The Bertz CT molecular complexity index is 1280. The highest BCUT2D eigenvalue weighted by Crippen LogP contribution is 2.34.